The molecular formula is C20H42N4O6S. The van der Waals surface area contributed by atoms with Gasteiger partial charge in [0.1, 0.15) is 0 Å². The Kier molecular flexibility index (Phi) is 15.6. The molecule has 0 aliphatic rings. The SMILES string of the molecule is C=C(C)C(=O)NC(C)C[N+](C)(C)C.C=C(C)C(=O)NC(C)C[N+](C)(C)C.O=S(=O)([O-])[O-]. The van der Waals surface area contributed by atoms with E-state index in [0.29, 0.717) is 11.1 Å². The van der Waals surface area contributed by atoms with Crippen LogP contribution in [0.5, 0.6) is 0 Å². The van der Waals surface area contributed by atoms with Crippen LogP contribution >= 0.6 is 0 Å². The van der Waals surface area contributed by atoms with Crippen molar-refractivity contribution in [1.82, 2.24) is 10.6 Å². The first-order valence-electron chi connectivity index (χ1n) is 9.65. The van der Waals surface area contributed by atoms with E-state index in [0.717, 1.165) is 22.1 Å². The summed E-state index contributed by atoms with van der Waals surface area (Å²) >= 11 is 0. The topological polar surface area (TPSA) is 138 Å². The zero-order chi connectivity index (χ0) is 25.8. The third-order valence-corrected chi connectivity index (χ3v) is 3.17. The Balaban J connectivity index is -0.000000416. The Morgan fingerprint density at radius 2 is 0.968 bits per heavy atom. The number of quaternary nitrogens is 2. The molecule has 0 aliphatic carbocycles. The van der Waals surface area contributed by atoms with E-state index in [1.807, 2.05) is 13.8 Å². The van der Waals surface area contributed by atoms with Gasteiger partial charge in [-0.3, -0.25) is 18.0 Å². The number of hydrogen-bond acceptors (Lipinski definition) is 6. The number of rotatable bonds is 8. The van der Waals surface area contributed by atoms with Crippen molar-refractivity contribution in [2.24, 2.45) is 0 Å². The van der Waals surface area contributed by atoms with Crippen LogP contribution in [-0.2, 0) is 20.0 Å². The average molecular weight is 467 g/mol. The van der Waals surface area contributed by atoms with Gasteiger partial charge in [0.15, 0.2) is 0 Å². The van der Waals surface area contributed by atoms with Crippen LogP contribution in [0.2, 0.25) is 0 Å². The third kappa shape index (κ3) is 33.1. The standard InChI is InChI=1S/2C10H20N2O.H2O4S/c2*1-8(2)10(13)11-9(3)7-12(4,5)6;1-5(2,3)4/h2*9H,1,7H2,2-6H3;(H2,1,2,3,4). The van der Waals surface area contributed by atoms with E-state index in [1.165, 1.54) is 0 Å². The van der Waals surface area contributed by atoms with Crippen LogP contribution in [0.3, 0.4) is 0 Å². The van der Waals surface area contributed by atoms with Crippen LogP contribution in [0, 0.1) is 0 Å². The summed E-state index contributed by atoms with van der Waals surface area (Å²) in [6.45, 7) is 16.4. The highest BCUT2D eigenvalue weighted by molar-refractivity contribution is 7.79. The van der Waals surface area contributed by atoms with Gasteiger partial charge in [-0.15, -0.1) is 0 Å². The summed E-state index contributed by atoms with van der Waals surface area (Å²) in [6, 6.07) is 0.369. The molecule has 0 rings (SSSR count). The monoisotopic (exact) mass is 466 g/mol. The Bertz CT molecular complexity index is 652. The molecule has 0 aromatic carbocycles. The summed E-state index contributed by atoms with van der Waals surface area (Å²) in [4.78, 5) is 22.4. The number of carbonyl (C=O) groups is 2. The summed E-state index contributed by atoms with van der Waals surface area (Å²) in [6.07, 6.45) is 0. The van der Waals surface area contributed by atoms with Gasteiger partial charge in [0.05, 0.1) is 67.5 Å². The van der Waals surface area contributed by atoms with Gasteiger partial charge in [0, 0.05) is 21.5 Å². The lowest BCUT2D eigenvalue weighted by atomic mass is 10.2. The van der Waals surface area contributed by atoms with Gasteiger partial charge in [-0.05, 0) is 27.7 Å². The summed E-state index contributed by atoms with van der Waals surface area (Å²) in [5, 5.41) is 5.76. The highest BCUT2D eigenvalue weighted by atomic mass is 32.3. The zero-order valence-corrected chi connectivity index (χ0v) is 21.6. The second-order valence-corrected chi connectivity index (χ2v) is 10.5. The van der Waals surface area contributed by atoms with Crippen molar-refractivity contribution < 1.29 is 36.1 Å². The number of nitrogens with zero attached hydrogens (tertiary/aromatic N) is 2. The molecule has 0 spiro atoms. The lowest BCUT2D eigenvalue weighted by molar-refractivity contribution is -0.871. The second-order valence-electron chi connectivity index (χ2n) is 9.66. The van der Waals surface area contributed by atoms with Crippen LogP contribution in [-0.4, -0.2) is 106 Å². The van der Waals surface area contributed by atoms with Gasteiger partial charge in [-0.25, -0.2) is 0 Å². The first-order valence-corrected chi connectivity index (χ1v) is 11.0. The number of amides is 2. The third-order valence-electron chi connectivity index (χ3n) is 3.17. The molecule has 0 fully saturated rings. The maximum atomic E-state index is 11.2. The fourth-order valence-corrected chi connectivity index (χ4v) is 2.43. The predicted octanol–water partition coefficient (Wildman–Crippen LogP) is 0.209. The molecule has 0 bridgehead atoms. The number of hydrogen-bond donors (Lipinski definition) is 2. The van der Waals surface area contributed by atoms with E-state index in [4.69, 9.17) is 17.5 Å². The van der Waals surface area contributed by atoms with Crippen molar-refractivity contribution in [2.75, 3.05) is 55.4 Å². The molecule has 31 heavy (non-hydrogen) atoms. The minimum atomic E-state index is -5.17. The van der Waals surface area contributed by atoms with Crippen LogP contribution in [0.15, 0.2) is 24.3 Å². The summed E-state index contributed by atoms with van der Waals surface area (Å²) in [5.41, 5.74) is 1.13. The molecule has 2 atom stereocenters. The van der Waals surface area contributed by atoms with Gasteiger partial charge in [0.2, 0.25) is 11.8 Å². The van der Waals surface area contributed by atoms with Crippen LogP contribution in [0.1, 0.15) is 27.7 Å². The maximum absolute atomic E-state index is 11.2. The Morgan fingerprint density at radius 1 is 0.774 bits per heavy atom. The van der Waals surface area contributed by atoms with Gasteiger partial charge in [-0.2, -0.15) is 0 Å². The molecule has 11 heteroatoms. The molecule has 0 aromatic rings. The molecule has 0 saturated heterocycles. The van der Waals surface area contributed by atoms with Crippen molar-refractivity contribution in [2.45, 2.75) is 39.8 Å². The van der Waals surface area contributed by atoms with Crippen molar-refractivity contribution in [3.8, 4) is 0 Å². The fraction of sp³-hybridized carbons (Fsp3) is 0.700. The maximum Gasteiger partial charge on any atom is 0.246 e. The summed E-state index contributed by atoms with van der Waals surface area (Å²) in [7, 11) is 7.44. The Morgan fingerprint density at radius 3 is 1.10 bits per heavy atom. The molecule has 0 saturated carbocycles. The van der Waals surface area contributed by atoms with E-state index in [-0.39, 0.29) is 23.9 Å². The minimum absolute atomic E-state index is 0.0547. The van der Waals surface area contributed by atoms with Gasteiger partial charge < -0.3 is 28.7 Å². The lowest BCUT2D eigenvalue weighted by Crippen LogP contribution is -2.47. The number of carbonyl (C=O) groups excluding carboxylic acids is 2. The van der Waals surface area contributed by atoms with Crippen LogP contribution in [0.4, 0.5) is 0 Å². The largest absolute Gasteiger partial charge is 0.759 e. The fourth-order valence-electron chi connectivity index (χ4n) is 2.43. The highest BCUT2D eigenvalue weighted by Crippen LogP contribution is 1.97. The van der Waals surface area contributed by atoms with E-state index in [9.17, 15) is 9.59 Å². The molecule has 2 N–H and O–H groups in total. The van der Waals surface area contributed by atoms with Crippen LogP contribution < -0.4 is 10.6 Å². The first kappa shape index (κ1) is 33.8. The molecular weight excluding hydrogens is 424 g/mol. The molecule has 0 heterocycles. The van der Waals surface area contributed by atoms with E-state index in [2.05, 4.69) is 66.1 Å². The van der Waals surface area contributed by atoms with Crippen molar-refractivity contribution >= 4 is 22.2 Å². The van der Waals surface area contributed by atoms with Crippen LogP contribution in [0.25, 0.3) is 0 Å². The zero-order valence-electron chi connectivity index (χ0n) is 20.7. The summed E-state index contributed by atoms with van der Waals surface area (Å²) < 4.78 is 35.8. The predicted molar refractivity (Wildman–Crippen MR) is 121 cm³/mol. The molecule has 0 aromatic heterocycles. The lowest BCUT2D eigenvalue weighted by Gasteiger charge is -2.27. The Hall–Kier alpha value is -1.79. The van der Waals surface area contributed by atoms with E-state index >= 15 is 0 Å². The van der Waals surface area contributed by atoms with Gasteiger partial charge in [-0.1, -0.05) is 13.2 Å². The van der Waals surface area contributed by atoms with Crippen molar-refractivity contribution in [1.29, 1.82) is 0 Å². The first-order chi connectivity index (χ1) is 13.4. The normalized spacial score (nSPS) is 13.3. The molecule has 2 amide bonds. The highest BCUT2D eigenvalue weighted by Gasteiger charge is 2.16. The number of likely N-dealkylation sites (N-methyl/N-ethyl adjacent to an activating group) is 2. The van der Waals surface area contributed by atoms with Gasteiger partial charge >= 0.3 is 0 Å². The molecule has 184 valence electrons. The molecule has 10 nitrogen and oxygen atoms in total. The second kappa shape index (κ2) is 14.3. The average Bonchev–Trinajstić information content (AvgIpc) is 2.41. The molecule has 2 unspecified atom stereocenters. The Labute approximate surface area is 188 Å². The van der Waals surface area contributed by atoms with Crippen molar-refractivity contribution in [3.63, 3.8) is 0 Å². The summed E-state index contributed by atoms with van der Waals surface area (Å²) in [5.74, 6) is -0.109. The number of nitrogens with one attached hydrogen (secondary N) is 2. The minimum Gasteiger partial charge on any atom is -0.759 e. The molecule has 0 aliphatic heterocycles. The van der Waals surface area contributed by atoms with Crippen molar-refractivity contribution in [3.05, 3.63) is 24.3 Å². The van der Waals surface area contributed by atoms with E-state index in [1.54, 1.807) is 13.8 Å². The van der Waals surface area contributed by atoms with E-state index < -0.39 is 10.4 Å². The molecule has 0 radical (unpaired) electrons. The smallest absolute Gasteiger partial charge is 0.246 e. The quantitative estimate of drug-likeness (QED) is 0.227. The van der Waals surface area contributed by atoms with Gasteiger partial charge in [0.25, 0.3) is 0 Å².